The van der Waals surface area contributed by atoms with E-state index in [-0.39, 0.29) is 6.04 Å². The second-order valence-electron chi connectivity index (χ2n) is 4.43. The summed E-state index contributed by atoms with van der Waals surface area (Å²) in [6, 6.07) is 0.274. The number of rotatable bonds is 4. The lowest BCUT2D eigenvalue weighted by atomic mass is 10.1. The quantitative estimate of drug-likeness (QED) is 0.835. The van der Waals surface area contributed by atoms with Crippen molar-refractivity contribution in [3.63, 3.8) is 0 Å². The van der Waals surface area contributed by atoms with Gasteiger partial charge in [0.25, 0.3) is 0 Å². The van der Waals surface area contributed by atoms with E-state index in [1.54, 1.807) is 6.33 Å². The largest absolute Gasteiger partial charge is 0.376 e. The van der Waals surface area contributed by atoms with Crippen LogP contribution in [0.25, 0.3) is 0 Å². The third-order valence-electron chi connectivity index (χ3n) is 3.21. The molecule has 1 aromatic rings. The van der Waals surface area contributed by atoms with Gasteiger partial charge in [-0.1, -0.05) is 0 Å². The van der Waals surface area contributed by atoms with Gasteiger partial charge in [0.1, 0.15) is 18.0 Å². The summed E-state index contributed by atoms with van der Waals surface area (Å²) in [5.41, 5.74) is 1.04. The number of nitrogens with one attached hydrogen (secondary N) is 2. The van der Waals surface area contributed by atoms with Crippen molar-refractivity contribution in [3.05, 3.63) is 11.9 Å². The summed E-state index contributed by atoms with van der Waals surface area (Å²) >= 11 is 0. The molecule has 0 saturated carbocycles. The van der Waals surface area contributed by atoms with Gasteiger partial charge in [-0.05, 0) is 26.7 Å². The first-order valence-corrected chi connectivity index (χ1v) is 6.10. The summed E-state index contributed by atoms with van der Waals surface area (Å²) in [6.45, 7) is 5.02. The van der Waals surface area contributed by atoms with Gasteiger partial charge < -0.3 is 15.4 Å². The molecule has 5 heteroatoms. The lowest BCUT2D eigenvalue weighted by Gasteiger charge is -2.21. The summed E-state index contributed by atoms with van der Waals surface area (Å²) in [5.74, 6) is 1.74. The lowest BCUT2D eigenvalue weighted by Crippen LogP contribution is -2.30. The normalized spacial score (nSPS) is 21.2. The first-order valence-electron chi connectivity index (χ1n) is 6.10. The third-order valence-corrected chi connectivity index (χ3v) is 3.21. The van der Waals surface area contributed by atoms with E-state index in [1.807, 2.05) is 14.0 Å². The Morgan fingerprint density at radius 3 is 2.82 bits per heavy atom. The molecule has 0 aliphatic carbocycles. The van der Waals surface area contributed by atoms with Crippen molar-refractivity contribution < 1.29 is 4.74 Å². The van der Waals surface area contributed by atoms with Gasteiger partial charge in [0.2, 0.25) is 0 Å². The Hall–Kier alpha value is -1.36. The molecule has 1 fully saturated rings. The fraction of sp³-hybridized carbons (Fsp3) is 0.667. The van der Waals surface area contributed by atoms with Crippen LogP contribution >= 0.6 is 0 Å². The van der Waals surface area contributed by atoms with Crippen LogP contribution in [0, 0.1) is 6.92 Å². The maximum atomic E-state index is 5.66. The minimum absolute atomic E-state index is 0.274. The highest BCUT2D eigenvalue weighted by atomic mass is 16.5. The van der Waals surface area contributed by atoms with E-state index in [0.717, 1.165) is 36.6 Å². The standard InChI is InChI=1S/C12H20N4O/c1-8-11(13-3)14-7-15-12(8)16-9(2)10-5-4-6-17-10/h7,9-10H,4-6H2,1-3H3,(H2,13,14,15,16). The van der Waals surface area contributed by atoms with Gasteiger partial charge >= 0.3 is 0 Å². The molecule has 1 aliphatic heterocycles. The fourth-order valence-corrected chi connectivity index (χ4v) is 2.15. The molecular formula is C12H20N4O. The summed E-state index contributed by atoms with van der Waals surface area (Å²) < 4.78 is 5.66. The number of hydrogen-bond acceptors (Lipinski definition) is 5. The van der Waals surface area contributed by atoms with E-state index < -0.39 is 0 Å². The maximum absolute atomic E-state index is 5.66. The van der Waals surface area contributed by atoms with Gasteiger partial charge in [0, 0.05) is 19.2 Å². The van der Waals surface area contributed by atoms with Gasteiger partial charge in [-0.3, -0.25) is 0 Å². The SMILES string of the molecule is CNc1ncnc(NC(C)C2CCCO2)c1C. The average Bonchev–Trinajstić information content (AvgIpc) is 2.85. The molecule has 0 spiro atoms. The molecule has 0 bridgehead atoms. The third kappa shape index (κ3) is 2.66. The van der Waals surface area contributed by atoms with Gasteiger partial charge in [0.15, 0.2) is 0 Å². The first kappa shape index (κ1) is 12.1. The van der Waals surface area contributed by atoms with Crippen LogP contribution < -0.4 is 10.6 Å². The maximum Gasteiger partial charge on any atom is 0.134 e. The van der Waals surface area contributed by atoms with Gasteiger partial charge in [-0.25, -0.2) is 9.97 Å². The van der Waals surface area contributed by atoms with E-state index in [1.165, 1.54) is 0 Å². The Bertz CT molecular complexity index is 377. The minimum atomic E-state index is 0.274. The zero-order valence-corrected chi connectivity index (χ0v) is 10.7. The van der Waals surface area contributed by atoms with Crippen molar-refractivity contribution in [3.8, 4) is 0 Å². The second kappa shape index (κ2) is 5.31. The van der Waals surface area contributed by atoms with Crippen LogP contribution in [0.2, 0.25) is 0 Å². The predicted octanol–water partition coefficient (Wildman–Crippen LogP) is 1.81. The fourth-order valence-electron chi connectivity index (χ4n) is 2.15. The molecule has 2 unspecified atom stereocenters. The molecular weight excluding hydrogens is 216 g/mol. The van der Waals surface area contributed by atoms with Crippen LogP contribution in [-0.2, 0) is 4.74 Å². The predicted molar refractivity (Wildman–Crippen MR) is 68.4 cm³/mol. The summed E-state index contributed by atoms with van der Waals surface area (Å²) in [7, 11) is 1.86. The number of nitrogens with zero attached hydrogens (tertiary/aromatic N) is 2. The summed E-state index contributed by atoms with van der Waals surface area (Å²) in [4.78, 5) is 8.45. The molecule has 0 amide bonds. The smallest absolute Gasteiger partial charge is 0.134 e. The molecule has 1 saturated heterocycles. The highest BCUT2D eigenvalue weighted by molar-refractivity contribution is 5.56. The van der Waals surface area contributed by atoms with Crippen molar-refractivity contribution in [2.75, 3.05) is 24.3 Å². The Balaban J connectivity index is 2.07. The highest BCUT2D eigenvalue weighted by Crippen LogP contribution is 2.22. The molecule has 5 nitrogen and oxygen atoms in total. The van der Waals surface area contributed by atoms with E-state index in [0.29, 0.717) is 6.10 Å². The molecule has 2 rings (SSSR count). The highest BCUT2D eigenvalue weighted by Gasteiger charge is 2.23. The van der Waals surface area contributed by atoms with E-state index in [4.69, 9.17) is 4.74 Å². The molecule has 0 aromatic carbocycles. The molecule has 94 valence electrons. The lowest BCUT2D eigenvalue weighted by molar-refractivity contribution is 0.0995. The van der Waals surface area contributed by atoms with Crippen molar-refractivity contribution >= 4 is 11.6 Å². The second-order valence-corrected chi connectivity index (χ2v) is 4.43. The Labute approximate surface area is 102 Å². The van der Waals surface area contributed by atoms with Gasteiger partial charge in [0.05, 0.1) is 12.1 Å². The van der Waals surface area contributed by atoms with E-state index in [9.17, 15) is 0 Å². The average molecular weight is 236 g/mol. The van der Waals surface area contributed by atoms with Crippen LogP contribution in [0.1, 0.15) is 25.3 Å². The van der Waals surface area contributed by atoms with E-state index >= 15 is 0 Å². The van der Waals surface area contributed by atoms with Crippen LogP contribution in [0.3, 0.4) is 0 Å². The number of hydrogen-bond donors (Lipinski definition) is 2. The molecule has 1 aromatic heterocycles. The zero-order chi connectivity index (χ0) is 12.3. The van der Waals surface area contributed by atoms with E-state index in [2.05, 4.69) is 27.5 Å². The van der Waals surface area contributed by atoms with Gasteiger partial charge in [-0.15, -0.1) is 0 Å². The Morgan fingerprint density at radius 2 is 2.18 bits per heavy atom. The Morgan fingerprint density at radius 1 is 1.41 bits per heavy atom. The van der Waals surface area contributed by atoms with Crippen molar-refractivity contribution in [2.24, 2.45) is 0 Å². The summed E-state index contributed by atoms with van der Waals surface area (Å²) in [5, 5.41) is 6.47. The minimum Gasteiger partial charge on any atom is -0.376 e. The van der Waals surface area contributed by atoms with Crippen molar-refractivity contribution in [2.45, 2.75) is 38.8 Å². The molecule has 17 heavy (non-hydrogen) atoms. The summed E-state index contributed by atoms with van der Waals surface area (Å²) in [6.07, 6.45) is 4.14. The topological polar surface area (TPSA) is 59.1 Å². The number of aromatic nitrogens is 2. The first-order chi connectivity index (χ1) is 8.22. The molecule has 2 N–H and O–H groups in total. The van der Waals surface area contributed by atoms with Crippen LogP contribution in [-0.4, -0.2) is 35.8 Å². The van der Waals surface area contributed by atoms with Crippen LogP contribution in [0.5, 0.6) is 0 Å². The molecule has 2 atom stereocenters. The van der Waals surface area contributed by atoms with Crippen molar-refractivity contribution in [1.29, 1.82) is 0 Å². The molecule has 2 heterocycles. The Kier molecular flexibility index (Phi) is 3.78. The zero-order valence-electron chi connectivity index (χ0n) is 10.7. The number of anilines is 2. The van der Waals surface area contributed by atoms with Crippen LogP contribution in [0.15, 0.2) is 6.33 Å². The van der Waals surface area contributed by atoms with Crippen molar-refractivity contribution in [1.82, 2.24) is 9.97 Å². The van der Waals surface area contributed by atoms with Crippen LogP contribution in [0.4, 0.5) is 11.6 Å². The van der Waals surface area contributed by atoms with Gasteiger partial charge in [-0.2, -0.15) is 0 Å². The molecule has 0 radical (unpaired) electrons. The molecule has 1 aliphatic rings. The monoisotopic (exact) mass is 236 g/mol. The number of ether oxygens (including phenoxy) is 1.